The summed E-state index contributed by atoms with van der Waals surface area (Å²) in [5.74, 6) is -0.00495. The molecule has 5 aliphatic carbocycles. The summed E-state index contributed by atoms with van der Waals surface area (Å²) >= 11 is 5.97. The molecule has 0 radical (unpaired) electrons. The van der Waals surface area contributed by atoms with Crippen molar-refractivity contribution in [2.24, 2.45) is 17.8 Å². The Morgan fingerprint density at radius 3 is 2.35 bits per heavy atom. The van der Waals surface area contributed by atoms with Crippen LogP contribution >= 0.6 is 11.6 Å². The number of rotatable bonds is 2. The molecule has 0 aromatic heterocycles. The summed E-state index contributed by atoms with van der Waals surface area (Å²) in [5.41, 5.74) is -2.16. The van der Waals surface area contributed by atoms with Crippen LogP contribution in [0.1, 0.15) is 60.9 Å². The lowest BCUT2D eigenvalue weighted by atomic mass is 9.54. The van der Waals surface area contributed by atoms with Gasteiger partial charge in [0.15, 0.2) is 0 Å². The summed E-state index contributed by atoms with van der Waals surface area (Å²) < 4.78 is 21.4. The second-order valence-corrected chi connectivity index (χ2v) is 9.36. The fourth-order valence-corrected chi connectivity index (χ4v) is 6.41. The van der Waals surface area contributed by atoms with Gasteiger partial charge in [0.05, 0.1) is 0 Å². The van der Waals surface area contributed by atoms with Gasteiger partial charge in [-0.25, -0.2) is 9.18 Å². The second-order valence-electron chi connectivity index (χ2n) is 8.92. The number of halogens is 2. The quantitative estimate of drug-likeness (QED) is 0.555. The molecule has 1 atom stereocenters. The Balaban J connectivity index is 1.41. The first-order valence-electron chi connectivity index (χ1n) is 9.62. The highest BCUT2D eigenvalue weighted by molar-refractivity contribution is 6.31. The van der Waals surface area contributed by atoms with E-state index in [-0.39, 0.29) is 12.0 Å². The number of carbonyl (C=O) groups is 2. The molecule has 0 saturated heterocycles. The highest BCUT2D eigenvalue weighted by atomic mass is 35.5. The molecule has 4 bridgehead atoms. The molecule has 0 N–H and O–H groups in total. The number of Topliss-reactive ketones (excluding diaryl/α,β-unsaturated/α-hetero) is 1. The molecule has 1 aromatic rings. The summed E-state index contributed by atoms with van der Waals surface area (Å²) in [6.45, 7) is 0. The van der Waals surface area contributed by atoms with E-state index in [0.29, 0.717) is 29.2 Å². The van der Waals surface area contributed by atoms with Crippen molar-refractivity contribution in [3.8, 4) is 0 Å². The Morgan fingerprint density at radius 2 is 1.73 bits per heavy atom. The Hall–Kier alpha value is -1.42. The van der Waals surface area contributed by atoms with E-state index in [2.05, 4.69) is 0 Å². The molecule has 0 aliphatic heterocycles. The number of hydrogen-bond acceptors (Lipinski definition) is 3. The van der Waals surface area contributed by atoms with E-state index in [1.165, 1.54) is 25.3 Å². The third-order valence-electron chi connectivity index (χ3n) is 7.03. The molecule has 1 unspecified atom stereocenters. The highest BCUT2D eigenvalue weighted by Crippen LogP contribution is 2.57. The zero-order valence-corrected chi connectivity index (χ0v) is 15.4. The molecule has 0 amide bonds. The molecule has 0 spiro atoms. The lowest BCUT2D eigenvalue weighted by Crippen LogP contribution is -2.56. The Morgan fingerprint density at radius 1 is 1.12 bits per heavy atom. The Kier molecular flexibility index (Phi) is 3.57. The third-order valence-corrected chi connectivity index (χ3v) is 7.27. The van der Waals surface area contributed by atoms with E-state index < -0.39 is 23.0 Å². The average Bonchev–Trinajstić information content (AvgIpc) is 2.57. The van der Waals surface area contributed by atoms with Crippen LogP contribution in [0.25, 0.3) is 0 Å². The van der Waals surface area contributed by atoms with Crippen molar-refractivity contribution in [1.82, 2.24) is 0 Å². The summed E-state index contributed by atoms with van der Waals surface area (Å²) in [5, 5.41) is 0.371. The molecule has 5 aliphatic rings. The number of ketones is 1. The van der Waals surface area contributed by atoms with Gasteiger partial charge in [-0.1, -0.05) is 17.7 Å². The largest absolute Gasteiger partial charge is 0.456 e. The van der Waals surface area contributed by atoms with Crippen LogP contribution < -0.4 is 0 Å². The van der Waals surface area contributed by atoms with Gasteiger partial charge in [-0.3, -0.25) is 4.79 Å². The SMILES string of the molecule is O=C(OC12CC3CC(CC(C3)C1)C2)C1(F)CCc2ccc(Cl)cc2C1=O. The van der Waals surface area contributed by atoms with Crippen molar-refractivity contribution >= 4 is 23.4 Å². The topological polar surface area (TPSA) is 43.4 Å². The predicted molar refractivity (Wildman–Crippen MR) is 94.9 cm³/mol. The van der Waals surface area contributed by atoms with Crippen LogP contribution in [0.15, 0.2) is 18.2 Å². The van der Waals surface area contributed by atoms with Gasteiger partial charge in [-0.2, -0.15) is 0 Å². The summed E-state index contributed by atoms with van der Waals surface area (Å²) in [6, 6.07) is 4.89. The van der Waals surface area contributed by atoms with Crippen molar-refractivity contribution in [1.29, 1.82) is 0 Å². The minimum absolute atomic E-state index is 0.147. The lowest BCUT2D eigenvalue weighted by molar-refractivity contribution is -0.196. The standard InChI is InChI=1S/C21H22ClFO3/c22-16-2-1-15-3-4-21(23,18(24)17(15)8-16)19(25)26-20-9-12-5-13(10-20)7-14(6-12)11-20/h1-2,8,12-14H,3-7,9-11H2. The van der Waals surface area contributed by atoms with Crippen LogP contribution in [0.2, 0.25) is 5.02 Å². The number of benzene rings is 1. The van der Waals surface area contributed by atoms with Gasteiger partial charge in [0.25, 0.3) is 5.67 Å². The normalized spacial score (nSPS) is 40.4. The second kappa shape index (κ2) is 5.54. The number of ether oxygens (including phenoxy) is 1. The lowest BCUT2D eigenvalue weighted by Gasteiger charge is -2.56. The molecular formula is C21H22ClFO3. The van der Waals surface area contributed by atoms with E-state index in [1.807, 2.05) is 0 Å². The van der Waals surface area contributed by atoms with Gasteiger partial charge in [0, 0.05) is 17.0 Å². The van der Waals surface area contributed by atoms with Gasteiger partial charge < -0.3 is 4.74 Å². The Bertz CT molecular complexity index is 769. The molecular weight excluding hydrogens is 355 g/mol. The fourth-order valence-electron chi connectivity index (χ4n) is 6.24. The highest BCUT2D eigenvalue weighted by Gasteiger charge is 2.57. The molecule has 5 heteroatoms. The van der Waals surface area contributed by atoms with Crippen LogP contribution in [0.5, 0.6) is 0 Å². The fraction of sp³-hybridized carbons (Fsp3) is 0.619. The van der Waals surface area contributed by atoms with Crippen molar-refractivity contribution < 1.29 is 18.7 Å². The number of alkyl halides is 1. The van der Waals surface area contributed by atoms with Crippen LogP contribution in [-0.2, 0) is 16.0 Å². The van der Waals surface area contributed by atoms with Crippen molar-refractivity contribution in [3.63, 3.8) is 0 Å². The smallest absolute Gasteiger partial charge is 0.352 e. The van der Waals surface area contributed by atoms with E-state index in [4.69, 9.17) is 16.3 Å². The molecule has 1 aromatic carbocycles. The summed E-state index contributed by atoms with van der Waals surface area (Å²) in [7, 11) is 0. The van der Waals surface area contributed by atoms with Crippen LogP contribution in [0.3, 0.4) is 0 Å². The van der Waals surface area contributed by atoms with Crippen LogP contribution in [0, 0.1) is 17.8 Å². The van der Waals surface area contributed by atoms with Crippen LogP contribution in [-0.4, -0.2) is 23.0 Å². The molecule has 26 heavy (non-hydrogen) atoms. The van der Waals surface area contributed by atoms with E-state index in [9.17, 15) is 9.59 Å². The minimum Gasteiger partial charge on any atom is -0.456 e. The minimum atomic E-state index is -2.58. The molecule has 3 nitrogen and oxygen atoms in total. The number of carbonyl (C=O) groups excluding carboxylic acids is 2. The Labute approximate surface area is 157 Å². The van der Waals surface area contributed by atoms with Gasteiger partial charge in [-0.05, 0) is 80.4 Å². The van der Waals surface area contributed by atoms with Crippen molar-refractivity contribution in [3.05, 3.63) is 34.3 Å². The molecule has 0 heterocycles. The van der Waals surface area contributed by atoms with Crippen molar-refractivity contribution in [2.45, 2.75) is 62.6 Å². The molecule has 4 fully saturated rings. The maximum Gasteiger partial charge on any atom is 0.352 e. The maximum atomic E-state index is 15.6. The third kappa shape index (κ3) is 2.45. The van der Waals surface area contributed by atoms with Gasteiger partial charge >= 0.3 is 5.97 Å². The van der Waals surface area contributed by atoms with E-state index in [1.54, 1.807) is 12.1 Å². The molecule has 4 saturated carbocycles. The average molecular weight is 377 g/mol. The number of fused-ring (bicyclic) bond motifs is 1. The van der Waals surface area contributed by atoms with Gasteiger partial charge in [-0.15, -0.1) is 0 Å². The van der Waals surface area contributed by atoms with Crippen molar-refractivity contribution in [2.75, 3.05) is 0 Å². The first kappa shape index (κ1) is 16.7. The summed E-state index contributed by atoms with van der Waals surface area (Å²) in [6.07, 6.45) is 6.32. The number of esters is 1. The molecule has 6 rings (SSSR count). The van der Waals surface area contributed by atoms with E-state index >= 15 is 4.39 Å². The maximum absolute atomic E-state index is 15.6. The zero-order chi connectivity index (χ0) is 18.1. The monoisotopic (exact) mass is 376 g/mol. The number of aryl methyl sites for hydroxylation is 1. The van der Waals surface area contributed by atoms with Gasteiger partial charge in [0.2, 0.25) is 5.78 Å². The number of hydrogen-bond donors (Lipinski definition) is 0. The predicted octanol–water partition coefficient (Wildman–Crippen LogP) is 4.69. The first-order valence-corrected chi connectivity index (χ1v) is 10.0. The van der Waals surface area contributed by atoms with Crippen LogP contribution in [0.4, 0.5) is 4.39 Å². The van der Waals surface area contributed by atoms with Gasteiger partial charge in [0.1, 0.15) is 5.60 Å². The van der Waals surface area contributed by atoms with E-state index in [0.717, 1.165) is 24.8 Å². The first-order chi connectivity index (χ1) is 12.4. The summed E-state index contributed by atoms with van der Waals surface area (Å²) in [4.78, 5) is 25.6. The molecule has 138 valence electrons. The zero-order valence-electron chi connectivity index (χ0n) is 14.6.